The SMILES string of the molecule is CCCCN1Cc2cccc3cccc(c23)C1=O. The molecule has 1 aliphatic rings. The first-order chi connectivity index (χ1) is 8.81. The highest BCUT2D eigenvalue weighted by Gasteiger charge is 2.24. The monoisotopic (exact) mass is 239 g/mol. The van der Waals surface area contributed by atoms with Crippen LogP contribution < -0.4 is 0 Å². The van der Waals surface area contributed by atoms with Gasteiger partial charge >= 0.3 is 0 Å². The second-order valence-electron chi connectivity index (χ2n) is 4.90. The molecule has 2 heteroatoms. The van der Waals surface area contributed by atoms with E-state index < -0.39 is 0 Å². The molecule has 0 saturated carbocycles. The minimum Gasteiger partial charge on any atom is -0.334 e. The molecule has 92 valence electrons. The highest BCUT2D eigenvalue weighted by Crippen LogP contribution is 2.29. The molecular formula is C16H17NO. The number of hydrogen-bond donors (Lipinski definition) is 0. The summed E-state index contributed by atoms with van der Waals surface area (Å²) in [5.74, 6) is 0.188. The van der Waals surface area contributed by atoms with Crippen molar-refractivity contribution in [2.75, 3.05) is 6.54 Å². The number of carbonyl (C=O) groups excluding carboxylic acids is 1. The van der Waals surface area contributed by atoms with Crippen molar-refractivity contribution in [1.29, 1.82) is 0 Å². The Kier molecular flexibility index (Phi) is 2.78. The number of carbonyl (C=O) groups is 1. The molecule has 0 radical (unpaired) electrons. The van der Waals surface area contributed by atoms with E-state index in [4.69, 9.17) is 0 Å². The first kappa shape index (κ1) is 11.3. The summed E-state index contributed by atoms with van der Waals surface area (Å²) in [6, 6.07) is 12.3. The molecule has 1 aliphatic heterocycles. The fourth-order valence-corrected chi connectivity index (χ4v) is 2.71. The number of unbranched alkanes of at least 4 members (excludes halogenated alkanes) is 1. The molecule has 0 fully saturated rings. The Morgan fingerprint density at radius 2 is 1.94 bits per heavy atom. The first-order valence-corrected chi connectivity index (χ1v) is 6.61. The maximum absolute atomic E-state index is 12.4. The van der Waals surface area contributed by atoms with Crippen molar-refractivity contribution in [3.8, 4) is 0 Å². The summed E-state index contributed by atoms with van der Waals surface area (Å²) in [7, 11) is 0. The van der Waals surface area contributed by atoms with Crippen LogP contribution in [0.1, 0.15) is 35.7 Å². The first-order valence-electron chi connectivity index (χ1n) is 6.61. The standard InChI is InChI=1S/C16H17NO/c1-2-3-10-17-11-13-8-4-6-12-7-5-9-14(15(12)13)16(17)18/h4-9H,2-3,10-11H2,1H3. The van der Waals surface area contributed by atoms with Crippen molar-refractivity contribution in [2.24, 2.45) is 0 Å². The van der Waals surface area contributed by atoms with E-state index in [0.717, 1.165) is 36.9 Å². The maximum atomic E-state index is 12.4. The molecule has 0 unspecified atom stereocenters. The lowest BCUT2D eigenvalue weighted by atomic mass is 9.94. The van der Waals surface area contributed by atoms with Gasteiger partial charge in [0.05, 0.1) is 0 Å². The van der Waals surface area contributed by atoms with Gasteiger partial charge in [-0.2, -0.15) is 0 Å². The Bertz CT molecular complexity index is 598. The predicted octanol–water partition coefficient (Wildman–Crippen LogP) is 3.60. The van der Waals surface area contributed by atoms with Crippen LogP contribution in [-0.4, -0.2) is 17.4 Å². The Morgan fingerprint density at radius 1 is 1.17 bits per heavy atom. The van der Waals surface area contributed by atoms with Gasteiger partial charge in [0.2, 0.25) is 0 Å². The van der Waals surface area contributed by atoms with Gasteiger partial charge in [0.15, 0.2) is 0 Å². The largest absolute Gasteiger partial charge is 0.334 e. The van der Waals surface area contributed by atoms with E-state index in [1.54, 1.807) is 0 Å². The molecule has 0 spiro atoms. The number of nitrogens with zero attached hydrogens (tertiary/aromatic N) is 1. The molecule has 2 nitrogen and oxygen atoms in total. The topological polar surface area (TPSA) is 20.3 Å². The maximum Gasteiger partial charge on any atom is 0.254 e. The molecular weight excluding hydrogens is 222 g/mol. The van der Waals surface area contributed by atoms with Crippen molar-refractivity contribution in [1.82, 2.24) is 4.90 Å². The van der Waals surface area contributed by atoms with Gasteiger partial charge in [0.1, 0.15) is 0 Å². The summed E-state index contributed by atoms with van der Waals surface area (Å²) >= 11 is 0. The third-order valence-electron chi connectivity index (χ3n) is 3.65. The van der Waals surface area contributed by atoms with E-state index in [0.29, 0.717) is 0 Å². The Hall–Kier alpha value is -1.83. The molecule has 0 aliphatic carbocycles. The van der Waals surface area contributed by atoms with E-state index in [1.165, 1.54) is 10.9 Å². The van der Waals surface area contributed by atoms with Crippen LogP contribution >= 0.6 is 0 Å². The van der Waals surface area contributed by atoms with E-state index in [9.17, 15) is 4.79 Å². The molecule has 2 aromatic rings. The number of benzene rings is 2. The smallest absolute Gasteiger partial charge is 0.254 e. The molecule has 1 heterocycles. The molecule has 0 atom stereocenters. The minimum absolute atomic E-state index is 0.188. The predicted molar refractivity (Wildman–Crippen MR) is 73.6 cm³/mol. The lowest BCUT2D eigenvalue weighted by molar-refractivity contribution is 0.0735. The second-order valence-corrected chi connectivity index (χ2v) is 4.90. The fraction of sp³-hybridized carbons (Fsp3) is 0.312. The zero-order valence-electron chi connectivity index (χ0n) is 10.6. The van der Waals surface area contributed by atoms with Crippen LogP contribution in [0.2, 0.25) is 0 Å². The molecule has 1 amide bonds. The van der Waals surface area contributed by atoms with E-state index in [2.05, 4.69) is 31.2 Å². The summed E-state index contributed by atoms with van der Waals surface area (Å²) in [5, 5.41) is 2.33. The van der Waals surface area contributed by atoms with Gasteiger partial charge in [-0.05, 0) is 28.8 Å². The van der Waals surface area contributed by atoms with Gasteiger partial charge in [-0.1, -0.05) is 43.7 Å². The van der Waals surface area contributed by atoms with Crippen molar-refractivity contribution >= 4 is 16.7 Å². The summed E-state index contributed by atoms with van der Waals surface area (Å²) < 4.78 is 0. The average molecular weight is 239 g/mol. The number of rotatable bonds is 3. The van der Waals surface area contributed by atoms with Gasteiger partial charge < -0.3 is 4.90 Å². The molecule has 18 heavy (non-hydrogen) atoms. The van der Waals surface area contributed by atoms with Crippen molar-refractivity contribution in [3.05, 3.63) is 47.5 Å². The molecule has 0 bridgehead atoms. The lowest BCUT2D eigenvalue weighted by Gasteiger charge is -2.28. The average Bonchev–Trinajstić information content (AvgIpc) is 2.41. The van der Waals surface area contributed by atoms with Crippen molar-refractivity contribution in [3.63, 3.8) is 0 Å². The minimum atomic E-state index is 0.188. The summed E-state index contributed by atoms with van der Waals surface area (Å²) in [5.41, 5.74) is 2.14. The highest BCUT2D eigenvalue weighted by atomic mass is 16.2. The van der Waals surface area contributed by atoms with E-state index >= 15 is 0 Å². The Labute approximate surface area is 107 Å². The van der Waals surface area contributed by atoms with Crippen LogP contribution in [0.15, 0.2) is 36.4 Å². The van der Waals surface area contributed by atoms with Crippen LogP contribution in [0.3, 0.4) is 0 Å². The lowest BCUT2D eigenvalue weighted by Crippen LogP contribution is -2.34. The van der Waals surface area contributed by atoms with Gasteiger partial charge in [-0.25, -0.2) is 0 Å². The quantitative estimate of drug-likeness (QED) is 0.801. The zero-order chi connectivity index (χ0) is 12.5. The van der Waals surface area contributed by atoms with Crippen molar-refractivity contribution < 1.29 is 4.79 Å². The van der Waals surface area contributed by atoms with E-state index in [-0.39, 0.29) is 5.91 Å². The van der Waals surface area contributed by atoms with Crippen LogP contribution in [0.4, 0.5) is 0 Å². The van der Waals surface area contributed by atoms with Crippen LogP contribution in [0.25, 0.3) is 10.8 Å². The van der Waals surface area contributed by atoms with Crippen LogP contribution in [0, 0.1) is 0 Å². The summed E-state index contributed by atoms with van der Waals surface area (Å²) in [6.45, 7) is 3.77. The normalized spacial score (nSPS) is 14.3. The van der Waals surface area contributed by atoms with Crippen LogP contribution in [-0.2, 0) is 6.54 Å². The molecule has 0 aromatic heterocycles. The van der Waals surface area contributed by atoms with Gasteiger partial charge in [0.25, 0.3) is 5.91 Å². The highest BCUT2D eigenvalue weighted by molar-refractivity contribution is 6.09. The van der Waals surface area contributed by atoms with Crippen molar-refractivity contribution in [2.45, 2.75) is 26.3 Å². The summed E-state index contributed by atoms with van der Waals surface area (Å²) in [6.07, 6.45) is 2.19. The molecule has 3 rings (SSSR count). The number of hydrogen-bond acceptors (Lipinski definition) is 1. The Balaban J connectivity index is 2.09. The van der Waals surface area contributed by atoms with E-state index in [1.807, 2.05) is 17.0 Å². The molecule has 0 N–H and O–H groups in total. The molecule has 0 saturated heterocycles. The third kappa shape index (κ3) is 1.69. The summed E-state index contributed by atoms with van der Waals surface area (Å²) in [4.78, 5) is 14.4. The number of amides is 1. The fourth-order valence-electron chi connectivity index (χ4n) is 2.71. The molecule has 2 aromatic carbocycles. The third-order valence-corrected chi connectivity index (χ3v) is 3.65. The van der Waals surface area contributed by atoms with Gasteiger partial charge in [-0.3, -0.25) is 4.79 Å². The van der Waals surface area contributed by atoms with Gasteiger partial charge in [-0.15, -0.1) is 0 Å². The zero-order valence-corrected chi connectivity index (χ0v) is 10.6. The Morgan fingerprint density at radius 3 is 2.72 bits per heavy atom. The van der Waals surface area contributed by atoms with Gasteiger partial charge in [0, 0.05) is 18.7 Å². The van der Waals surface area contributed by atoms with Crippen LogP contribution in [0.5, 0.6) is 0 Å². The second kappa shape index (κ2) is 4.45.